The number of hydrogen-bond acceptors (Lipinski definition) is 1. The first-order chi connectivity index (χ1) is 7.04. The minimum Gasteiger partial charge on any atom is -0.253 e. The summed E-state index contributed by atoms with van der Waals surface area (Å²) in [7, 11) is 0. The van der Waals surface area contributed by atoms with E-state index in [0.717, 1.165) is 0 Å². The van der Waals surface area contributed by atoms with Crippen molar-refractivity contribution in [3.05, 3.63) is 41.1 Å². The predicted octanol–water partition coefficient (Wildman–Crippen LogP) is 3.10. The third-order valence-electron chi connectivity index (χ3n) is 2.16. The van der Waals surface area contributed by atoms with Crippen LogP contribution in [0.3, 0.4) is 0 Å². The maximum absolute atomic E-state index is 13.3. The zero-order valence-electron chi connectivity index (χ0n) is 7.61. The highest BCUT2D eigenvalue weighted by Crippen LogP contribution is 2.27. The summed E-state index contributed by atoms with van der Waals surface area (Å²) in [6.45, 7) is 1.46. The van der Waals surface area contributed by atoms with E-state index < -0.39 is 28.8 Å². The number of pyridine rings is 1. The lowest BCUT2D eigenvalue weighted by Gasteiger charge is -2.05. The first-order valence-corrected chi connectivity index (χ1v) is 4.11. The standard InChI is InChI=1S/C10H5F4N/c1-4-2-3-15-10-5(4)6(11)7(12)8(13)9(10)14/h2-3H,1H3. The van der Waals surface area contributed by atoms with Crippen LogP contribution in [0.25, 0.3) is 10.9 Å². The van der Waals surface area contributed by atoms with E-state index in [2.05, 4.69) is 4.98 Å². The molecule has 15 heavy (non-hydrogen) atoms. The number of rotatable bonds is 0. The van der Waals surface area contributed by atoms with Crippen LogP contribution in [0.1, 0.15) is 5.56 Å². The molecule has 1 heterocycles. The molecule has 0 bridgehead atoms. The van der Waals surface area contributed by atoms with E-state index in [1.54, 1.807) is 0 Å². The normalized spacial score (nSPS) is 11.0. The molecule has 78 valence electrons. The van der Waals surface area contributed by atoms with E-state index in [9.17, 15) is 17.6 Å². The number of aromatic nitrogens is 1. The van der Waals surface area contributed by atoms with E-state index in [0.29, 0.717) is 5.56 Å². The van der Waals surface area contributed by atoms with Crippen molar-refractivity contribution in [1.29, 1.82) is 0 Å². The topological polar surface area (TPSA) is 12.9 Å². The van der Waals surface area contributed by atoms with Crippen LogP contribution >= 0.6 is 0 Å². The highest BCUT2D eigenvalue weighted by molar-refractivity contribution is 5.83. The Morgan fingerprint density at radius 2 is 1.53 bits per heavy atom. The van der Waals surface area contributed by atoms with Gasteiger partial charge in [-0.15, -0.1) is 0 Å². The number of halogens is 4. The second-order valence-corrected chi connectivity index (χ2v) is 3.11. The van der Waals surface area contributed by atoms with Gasteiger partial charge < -0.3 is 0 Å². The highest BCUT2D eigenvalue weighted by atomic mass is 19.2. The van der Waals surface area contributed by atoms with Gasteiger partial charge in [0.05, 0.1) is 0 Å². The van der Waals surface area contributed by atoms with Crippen molar-refractivity contribution in [3.8, 4) is 0 Å². The molecule has 0 N–H and O–H groups in total. The van der Waals surface area contributed by atoms with E-state index in [1.165, 1.54) is 19.2 Å². The van der Waals surface area contributed by atoms with Gasteiger partial charge in [-0.3, -0.25) is 4.98 Å². The molecular formula is C10H5F4N. The summed E-state index contributed by atoms with van der Waals surface area (Å²) in [5, 5.41) is -0.325. The summed E-state index contributed by atoms with van der Waals surface area (Å²) in [6.07, 6.45) is 1.21. The SMILES string of the molecule is Cc1ccnc2c(F)c(F)c(F)c(F)c12. The summed E-state index contributed by atoms with van der Waals surface area (Å²) in [6, 6.07) is 1.39. The fourth-order valence-electron chi connectivity index (χ4n) is 1.41. The second kappa shape index (κ2) is 3.18. The molecule has 0 fully saturated rings. The monoisotopic (exact) mass is 215 g/mol. The van der Waals surface area contributed by atoms with Gasteiger partial charge in [-0.25, -0.2) is 17.6 Å². The van der Waals surface area contributed by atoms with Crippen LogP contribution < -0.4 is 0 Å². The molecule has 0 amide bonds. The molecule has 5 heteroatoms. The van der Waals surface area contributed by atoms with Crippen LogP contribution in [0.5, 0.6) is 0 Å². The van der Waals surface area contributed by atoms with E-state index in [1.807, 2.05) is 0 Å². The van der Waals surface area contributed by atoms with Crippen molar-refractivity contribution in [3.63, 3.8) is 0 Å². The number of nitrogens with zero attached hydrogens (tertiary/aromatic N) is 1. The molecule has 0 saturated heterocycles. The molecule has 0 aliphatic carbocycles. The lowest BCUT2D eigenvalue weighted by molar-refractivity contribution is 0.417. The van der Waals surface area contributed by atoms with Gasteiger partial charge in [-0.05, 0) is 18.6 Å². The van der Waals surface area contributed by atoms with E-state index >= 15 is 0 Å². The Labute approximate surface area is 82.4 Å². The molecule has 2 aromatic rings. The fourth-order valence-corrected chi connectivity index (χ4v) is 1.41. The van der Waals surface area contributed by atoms with Gasteiger partial charge >= 0.3 is 0 Å². The summed E-state index contributed by atoms with van der Waals surface area (Å²) in [4.78, 5) is 3.48. The number of fused-ring (bicyclic) bond motifs is 1. The first kappa shape index (κ1) is 9.89. The molecule has 0 spiro atoms. The van der Waals surface area contributed by atoms with E-state index in [-0.39, 0.29) is 5.39 Å². The average Bonchev–Trinajstić information content (AvgIpc) is 2.23. The smallest absolute Gasteiger partial charge is 0.199 e. The molecule has 0 radical (unpaired) electrons. The van der Waals surface area contributed by atoms with Gasteiger partial charge in [-0.2, -0.15) is 0 Å². The summed E-state index contributed by atoms with van der Waals surface area (Å²) in [5.41, 5.74) is -0.193. The molecule has 0 aliphatic heterocycles. The van der Waals surface area contributed by atoms with Gasteiger partial charge in [0.25, 0.3) is 0 Å². The lowest BCUT2D eigenvalue weighted by atomic mass is 10.1. The lowest BCUT2D eigenvalue weighted by Crippen LogP contribution is -2.00. The Hall–Kier alpha value is -1.65. The van der Waals surface area contributed by atoms with Crippen LogP contribution in [0.2, 0.25) is 0 Å². The van der Waals surface area contributed by atoms with Gasteiger partial charge in [-0.1, -0.05) is 0 Å². The number of benzene rings is 1. The highest BCUT2D eigenvalue weighted by Gasteiger charge is 2.21. The Morgan fingerprint density at radius 3 is 2.20 bits per heavy atom. The Morgan fingerprint density at radius 1 is 0.933 bits per heavy atom. The first-order valence-electron chi connectivity index (χ1n) is 4.11. The number of aryl methyl sites for hydroxylation is 1. The van der Waals surface area contributed by atoms with Crippen molar-refractivity contribution in [2.24, 2.45) is 0 Å². The predicted molar refractivity (Wildman–Crippen MR) is 46.3 cm³/mol. The summed E-state index contributed by atoms with van der Waals surface area (Å²) >= 11 is 0. The Kier molecular flexibility index (Phi) is 2.10. The molecule has 1 nitrogen and oxygen atoms in total. The van der Waals surface area contributed by atoms with Gasteiger partial charge in [0, 0.05) is 11.6 Å². The van der Waals surface area contributed by atoms with Crippen LogP contribution in [0, 0.1) is 30.2 Å². The maximum Gasteiger partial charge on any atom is 0.199 e. The zero-order chi connectivity index (χ0) is 11.2. The van der Waals surface area contributed by atoms with Gasteiger partial charge in [0.15, 0.2) is 23.3 Å². The molecule has 0 atom stereocenters. The maximum atomic E-state index is 13.3. The van der Waals surface area contributed by atoms with Crippen molar-refractivity contribution in [2.75, 3.05) is 0 Å². The Balaban J connectivity index is 3.08. The molecular weight excluding hydrogens is 210 g/mol. The summed E-state index contributed by atoms with van der Waals surface area (Å²) < 4.78 is 52.2. The molecule has 0 aliphatic rings. The third-order valence-corrected chi connectivity index (χ3v) is 2.16. The van der Waals surface area contributed by atoms with Gasteiger partial charge in [0.1, 0.15) is 5.52 Å². The van der Waals surface area contributed by atoms with Crippen LogP contribution in [-0.4, -0.2) is 4.98 Å². The van der Waals surface area contributed by atoms with Crippen LogP contribution in [0.4, 0.5) is 17.6 Å². The minimum absolute atomic E-state index is 0.301. The molecule has 0 saturated carbocycles. The van der Waals surface area contributed by atoms with Crippen molar-refractivity contribution < 1.29 is 17.6 Å². The van der Waals surface area contributed by atoms with Gasteiger partial charge in [0.2, 0.25) is 0 Å². The largest absolute Gasteiger partial charge is 0.253 e. The zero-order valence-corrected chi connectivity index (χ0v) is 7.61. The average molecular weight is 215 g/mol. The quantitative estimate of drug-likeness (QED) is 0.374. The fraction of sp³-hybridized carbons (Fsp3) is 0.100. The third kappa shape index (κ3) is 1.26. The second-order valence-electron chi connectivity index (χ2n) is 3.11. The van der Waals surface area contributed by atoms with Crippen molar-refractivity contribution in [2.45, 2.75) is 6.92 Å². The van der Waals surface area contributed by atoms with E-state index in [4.69, 9.17) is 0 Å². The van der Waals surface area contributed by atoms with Crippen LogP contribution in [-0.2, 0) is 0 Å². The molecule has 0 unspecified atom stereocenters. The van der Waals surface area contributed by atoms with Crippen molar-refractivity contribution in [1.82, 2.24) is 4.98 Å². The number of hydrogen-bond donors (Lipinski definition) is 0. The summed E-state index contributed by atoms with van der Waals surface area (Å²) in [5.74, 6) is -6.52. The Bertz CT molecular complexity index is 551. The molecule has 1 aromatic carbocycles. The minimum atomic E-state index is -1.84. The molecule has 1 aromatic heterocycles. The molecule has 2 rings (SSSR count). The van der Waals surface area contributed by atoms with Crippen LogP contribution in [0.15, 0.2) is 12.3 Å². The van der Waals surface area contributed by atoms with Crippen molar-refractivity contribution >= 4 is 10.9 Å².